The summed E-state index contributed by atoms with van der Waals surface area (Å²) >= 11 is 0. The third-order valence-electron chi connectivity index (χ3n) is 2.77. The molecular formula is C13H17F3N2O3. The molecule has 21 heavy (non-hydrogen) atoms. The van der Waals surface area contributed by atoms with Crippen molar-refractivity contribution in [3.05, 3.63) is 29.8 Å². The molecule has 0 spiro atoms. The molecule has 0 unspecified atom stereocenters. The van der Waals surface area contributed by atoms with Crippen molar-refractivity contribution in [3.63, 3.8) is 0 Å². The summed E-state index contributed by atoms with van der Waals surface area (Å²) in [6.07, 6.45) is -5.19. The molecule has 0 aliphatic heterocycles. The molecular weight excluding hydrogens is 289 g/mol. The first-order valence-electron chi connectivity index (χ1n) is 6.03. The Morgan fingerprint density at radius 3 is 2.38 bits per heavy atom. The zero-order valence-corrected chi connectivity index (χ0v) is 11.9. The summed E-state index contributed by atoms with van der Waals surface area (Å²) in [5, 5.41) is 2.23. The van der Waals surface area contributed by atoms with E-state index in [2.05, 4.69) is 5.32 Å². The normalized spacial score (nSPS) is 11.6. The van der Waals surface area contributed by atoms with E-state index in [9.17, 15) is 18.0 Å². The molecule has 1 aromatic rings. The molecule has 0 saturated heterocycles. The van der Waals surface area contributed by atoms with Gasteiger partial charge in [0.15, 0.2) is 6.29 Å². The quantitative estimate of drug-likeness (QED) is 0.851. The van der Waals surface area contributed by atoms with Crippen LogP contribution in [0.15, 0.2) is 24.3 Å². The first-order chi connectivity index (χ1) is 9.79. The molecule has 1 rings (SSSR count). The number of rotatable bonds is 5. The second-order valence-corrected chi connectivity index (χ2v) is 4.25. The van der Waals surface area contributed by atoms with Gasteiger partial charge < -0.3 is 19.7 Å². The summed E-state index contributed by atoms with van der Waals surface area (Å²) in [4.78, 5) is 13.1. The maximum Gasteiger partial charge on any atom is 0.418 e. The van der Waals surface area contributed by atoms with Gasteiger partial charge in [0.05, 0.1) is 17.8 Å². The maximum atomic E-state index is 12.8. The molecule has 2 amide bonds. The molecule has 0 saturated carbocycles. The van der Waals surface area contributed by atoms with Gasteiger partial charge in [-0.25, -0.2) is 4.79 Å². The number of methoxy groups -OCH3 is 2. The van der Waals surface area contributed by atoms with Crippen molar-refractivity contribution in [2.45, 2.75) is 12.5 Å². The lowest BCUT2D eigenvalue weighted by Crippen LogP contribution is -2.38. The third-order valence-corrected chi connectivity index (χ3v) is 2.77. The van der Waals surface area contributed by atoms with E-state index in [1.807, 2.05) is 0 Å². The van der Waals surface area contributed by atoms with Crippen LogP contribution in [0.4, 0.5) is 23.7 Å². The highest BCUT2D eigenvalue weighted by Crippen LogP contribution is 2.34. The molecule has 118 valence electrons. The summed E-state index contributed by atoms with van der Waals surface area (Å²) in [5.41, 5.74) is -1.20. The number of nitrogens with zero attached hydrogens (tertiary/aromatic N) is 1. The minimum atomic E-state index is -4.54. The average Bonchev–Trinajstić information content (AvgIpc) is 2.43. The van der Waals surface area contributed by atoms with Crippen LogP contribution >= 0.6 is 0 Å². The van der Waals surface area contributed by atoms with Crippen LogP contribution in [-0.2, 0) is 15.7 Å². The second kappa shape index (κ2) is 7.28. The average molecular weight is 306 g/mol. The van der Waals surface area contributed by atoms with Crippen LogP contribution in [0.2, 0.25) is 0 Å². The molecule has 1 aromatic carbocycles. The molecule has 5 nitrogen and oxygen atoms in total. The number of amides is 2. The minimum absolute atomic E-state index is 0.0764. The number of anilines is 1. The number of hydrogen-bond donors (Lipinski definition) is 1. The van der Waals surface area contributed by atoms with E-state index in [0.29, 0.717) is 0 Å². The lowest BCUT2D eigenvalue weighted by Gasteiger charge is -2.23. The smallest absolute Gasteiger partial charge is 0.354 e. The lowest BCUT2D eigenvalue weighted by molar-refractivity contribution is -0.136. The van der Waals surface area contributed by atoms with Crippen LogP contribution in [0, 0.1) is 0 Å². The summed E-state index contributed by atoms with van der Waals surface area (Å²) in [5.74, 6) is 0. The fourth-order valence-electron chi connectivity index (χ4n) is 1.60. The highest BCUT2D eigenvalue weighted by atomic mass is 19.4. The summed E-state index contributed by atoms with van der Waals surface area (Å²) in [6.45, 7) is 0.0764. The lowest BCUT2D eigenvalue weighted by atomic mass is 10.1. The third kappa shape index (κ3) is 4.91. The first kappa shape index (κ1) is 17.3. The number of carbonyl (C=O) groups is 1. The number of para-hydroxylation sites is 1. The Morgan fingerprint density at radius 1 is 1.29 bits per heavy atom. The van der Waals surface area contributed by atoms with E-state index in [1.54, 1.807) is 0 Å². The molecule has 0 radical (unpaired) electrons. The zero-order chi connectivity index (χ0) is 16.0. The van der Waals surface area contributed by atoms with Gasteiger partial charge in [0, 0.05) is 21.3 Å². The van der Waals surface area contributed by atoms with Crippen molar-refractivity contribution in [1.29, 1.82) is 0 Å². The van der Waals surface area contributed by atoms with Crippen LogP contribution in [0.1, 0.15) is 5.56 Å². The summed E-state index contributed by atoms with van der Waals surface area (Å²) < 4.78 is 48.3. The molecule has 0 aliphatic rings. The summed E-state index contributed by atoms with van der Waals surface area (Å²) in [6, 6.07) is 4.08. The van der Waals surface area contributed by atoms with E-state index < -0.39 is 24.1 Å². The van der Waals surface area contributed by atoms with Crippen LogP contribution in [0.3, 0.4) is 0 Å². The number of alkyl halides is 3. The Morgan fingerprint density at radius 2 is 1.86 bits per heavy atom. The Kier molecular flexibility index (Phi) is 5.98. The van der Waals surface area contributed by atoms with Crippen LogP contribution in [0.5, 0.6) is 0 Å². The van der Waals surface area contributed by atoms with Crippen molar-refractivity contribution in [3.8, 4) is 0 Å². The molecule has 0 bridgehead atoms. The number of urea groups is 1. The van der Waals surface area contributed by atoms with Gasteiger partial charge in [-0.2, -0.15) is 13.2 Å². The number of halogens is 3. The predicted octanol–water partition coefficient (Wildman–Crippen LogP) is 2.79. The number of nitrogens with one attached hydrogen (secondary N) is 1. The predicted molar refractivity (Wildman–Crippen MR) is 70.9 cm³/mol. The highest BCUT2D eigenvalue weighted by molar-refractivity contribution is 5.90. The van der Waals surface area contributed by atoms with Gasteiger partial charge in [-0.3, -0.25) is 0 Å². The van der Waals surface area contributed by atoms with Gasteiger partial charge >= 0.3 is 12.2 Å². The fourth-order valence-corrected chi connectivity index (χ4v) is 1.60. The SMILES string of the molecule is COC(CN(C)C(=O)Nc1ccccc1C(F)(F)F)OC. The number of carbonyl (C=O) groups excluding carboxylic acids is 1. The van der Waals surface area contributed by atoms with Crippen LogP contribution < -0.4 is 5.32 Å². The van der Waals surface area contributed by atoms with Crippen molar-refractivity contribution in [1.82, 2.24) is 4.90 Å². The first-order valence-corrected chi connectivity index (χ1v) is 6.03. The molecule has 0 fully saturated rings. The number of likely N-dealkylation sites (N-methyl/N-ethyl adjacent to an activating group) is 1. The van der Waals surface area contributed by atoms with Gasteiger partial charge in [0.25, 0.3) is 0 Å². The topological polar surface area (TPSA) is 50.8 Å². The minimum Gasteiger partial charge on any atom is -0.354 e. The van der Waals surface area contributed by atoms with E-state index in [1.165, 1.54) is 44.4 Å². The Balaban J connectivity index is 2.80. The molecule has 1 N–H and O–H groups in total. The monoisotopic (exact) mass is 306 g/mol. The number of ether oxygens (including phenoxy) is 2. The molecule has 0 atom stereocenters. The van der Waals surface area contributed by atoms with E-state index in [4.69, 9.17) is 9.47 Å². The van der Waals surface area contributed by atoms with E-state index >= 15 is 0 Å². The largest absolute Gasteiger partial charge is 0.418 e. The van der Waals surface area contributed by atoms with Crippen molar-refractivity contribution in [2.75, 3.05) is 33.1 Å². The standard InChI is InChI=1S/C13H17F3N2O3/c1-18(8-11(20-2)21-3)12(19)17-10-7-5-4-6-9(10)13(14,15)16/h4-7,11H,8H2,1-3H3,(H,17,19). The molecule has 0 heterocycles. The molecule has 0 aliphatic carbocycles. The highest BCUT2D eigenvalue weighted by Gasteiger charge is 2.33. The Labute approximate surface area is 120 Å². The van der Waals surface area contributed by atoms with Crippen LogP contribution in [0.25, 0.3) is 0 Å². The van der Waals surface area contributed by atoms with Crippen molar-refractivity contribution < 1.29 is 27.4 Å². The molecule has 8 heteroatoms. The van der Waals surface area contributed by atoms with Gasteiger partial charge in [-0.1, -0.05) is 12.1 Å². The van der Waals surface area contributed by atoms with Gasteiger partial charge in [0.1, 0.15) is 0 Å². The van der Waals surface area contributed by atoms with Crippen molar-refractivity contribution >= 4 is 11.7 Å². The maximum absolute atomic E-state index is 12.8. The van der Waals surface area contributed by atoms with Gasteiger partial charge in [-0.05, 0) is 12.1 Å². The summed E-state index contributed by atoms with van der Waals surface area (Å²) in [7, 11) is 4.23. The second-order valence-electron chi connectivity index (χ2n) is 4.25. The Bertz CT molecular complexity index is 476. The van der Waals surface area contributed by atoms with Gasteiger partial charge in [0.2, 0.25) is 0 Å². The zero-order valence-electron chi connectivity index (χ0n) is 11.9. The Hall–Kier alpha value is -1.80. The number of benzene rings is 1. The van der Waals surface area contributed by atoms with E-state index in [-0.39, 0.29) is 12.2 Å². The molecule has 0 aromatic heterocycles. The van der Waals surface area contributed by atoms with E-state index in [0.717, 1.165) is 6.07 Å². The number of hydrogen-bond acceptors (Lipinski definition) is 3. The fraction of sp³-hybridized carbons (Fsp3) is 0.462. The van der Waals surface area contributed by atoms with Crippen molar-refractivity contribution in [2.24, 2.45) is 0 Å². The van der Waals surface area contributed by atoms with Crippen LogP contribution in [-0.4, -0.2) is 45.0 Å². The van der Waals surface area contributed by atoms with Gasteiger partial charge in [-0.15, -0.1) is 0 Å².